The number of hydrogen-bond donors (Lipinski definition) is 1. The highest BCUT2D eigenvalue weighted by molar-refractivity contribution is 5.34. The molecule has 0 amide bonds. The Morgan fingerprint density at radius 2 is 1.88 bits per heavy atom. The Morgan fingerprint density at radius 1 is 1.19 bits per heavy atom. The summed E-state index contributed by atoms with van der Waals surface area (Å²) in [5, 5.41) is 3.43. The molecule has 1 aromatic heterocycles. The molecular formula is C14H22N2. The molecule has 0 atom stereocenters. The number of rotatable bonds is 0. The lowest BCUT2D eigenvalue weighted by Gasteiger charge is -2.22. The van der Waals surface area contributed by atoms with Gasteiger partial charge in [0.05, 0.1) is 0 Å². The molecule has 0 saturated carbocycles. The van der Waals surface area contributed by atoms with Crippen LogP contribution in [0.2, 0.25) is 0 Å². The Bertz CT molecular complexity index is 388. The Morgan fingerprint density at radius 3 is 2.56 bits per heavy atom. The lowest BCUT2D eigenvalue weighted by atomic mass is 9.87. The fourth-order valence-corrected chi connectivity index (χ4v) is 2.45. The van der Waals surface area contributed by atoms with Crippen LogP contribution < -0.4 is 5.32 Å². The highest BCUT2D eigenvalue weighted by Crippen LogP contribution is 2.26. The molecule has 0 aromatic carbocycles. The molecule has 0 fully saturated rings. The van der Waals surface area contributed by atoms with E-state index in [1.807, 2.05) is 0 Å². The Balaban J connectivity index is 2.47. The van der Waals surface area contributed by atoms with Gasteiger partial charge in [0.2, 0.25) is 0 Å². The van der Waals surface area contributed by atoms with Gasteiger partial charge in [0.1, 0.15) is 0 Å². The molecular weight excluding hydrogens is 196 g/mol. The monoisotopic (exact) mass is 218 g/mol. The summed E-state index contributed by atoms with van der Waals surface area (Å²) in [5.74, 6) is 0. The zero-order chi connectivity index (χ0) is 11.8. The van der Waals surface area contributed by atoms with Crippen LogP contribution in [-0.4, -0.2) is 18.1 Å². The maximum atomic E-state index is 4.90. The van der Waals surface area contributed by atoms with Crippen LogP contribution >= 0.6 is 0 Å². The molecule has 0 bridgehead atoms. The lowest BCUT2D eigenvalue weighted by molar-refractivity contribution is 0.560. The third-order valence-corrected chi connectivity index (χ3v) is 3.20. The maximum Gasteiger partial charge on any atom is 0.0489 e. The number of aromatic nitrogens is 1. The molecule has 0 radical (unpaired) electrons. The number of hydrogen-bond acceptors (Lipinski definition) is 2. The molecule has 2 heterocycles. The van der Waals surface area contributed by atoms with Crippen LogP contribution in [0.4, 0.5) is 0 Å². The number of nitrogens with one attached hydrogen (secondary N) is 1. The van der Waals surface area contributed by atoms with Crippen molar-refractivity contribution < 1.29 is 0 Å². The van der Waals surface area contributed by atoms with Crippen LogP contribution in [0.3, 0.4) is 0 Å². The van der Waals surface area contributed by atoms with Crippen molar-refractivity contribution in [3.05, 3.63) is 28.6 Å². The molecule has 1 N–H and O–H groups in total. The first-order valence-corrected chi connectivity index (χ1v) is 6.19. The van der Waals surface area contributed by atoms with Gasteiger partial charge in [0, 0.05) is 29.8 Å². The summed E-state index contributed by atoms with van der Waals surface area (Å²) in [6.07, 6.45) is 2.19. The molecule has 2 rings (SSSR count). The average molecular weight is 218 g/mol. The number of nitrogens with zero attached hydrogens (tertiary/aromatic N) is 1. The van der Waals surface area contributed by atoms with Crippen molar-refractivity contribution in [2.24, 2.45) is 0 Å². The topological polar surface area (TPSA) is 24.9 Å². The third-order valence-electron chi connectivity index (χ3n) is 3.20. The smallest absolute Gasteiger partial charge is 0.0489 e. The van der Waals surface area contributed by atoms with Crippen molar-refractivity contribution in [2.45, 2.75) is 46.0 Å². The highest BCUT2D eigenvalue weighted by atomic mass is 14.9. The fourth-order valence-electron chi connectivity index (χ4n) is 2.45. The van der Waals surface area contributed by atoms with E-state index in [4.69, 9.17) is 4.98 Å². The molecule has 1 aliphatic heterocycles. The van der Waals surface area contributed by atoms with Crippen molar-refractivity contribution in [1.29, 1.82) is 0 Å². The minimum absolute atomic E-state index is 0.152. The number of pyridine rings is 1. The second-order valence-electron chi connectivity index (χ2n) is 5.76. The fraction of sp³-hybridized carbons (Fsp3) is 0.643. The molecule has 1 aromatic rings. The summed E-state index contributed by atoms with van der Waals surface area (Å²) < 4.78 is 0. The maximum absolute atomic E-state index is 4.90. The second kappa shape index (κ2) is 4.17. The van der Waals surface area contributed by atoms with Crippen LogP contribution in [0, 0.1) is 6.92 Å². The van der Waals surface area contributed by atoms with Gasteiger partial charge in [-0.15, -0.1) is 0 Å². The molecule has 88 valence electrons. The molecule has 0 saturated heterocycles. The summed E-state index contributed by atoms with van der Waals surface area (Å²) in [5.41, 5.74) is 5.50. The second-order valence-corrected chi connectivity index (χ2v) is 5.76. The quantitative estimate of drug-likeness (QED) is 0.723. The molecule has 2 heteroatoms. The first-order valence-electron chi connectivity index (χ1n) is 6.19. The highest BCUT2D eigenvalue weighted by Gasteiger charge is 2.20. The van der Waals surface area contributed by atoms with Gasteiger partial charge >= 0.3 is 0 Å². The van der Waals surface area contributed by atoms with E-state index >= 15 is 0 Å². The van der Waals surface area contributed by atoms with E-state index in [-0.39, 0.29) is 5.41 Å². The molecule has 0 spiro atoms. The van der Waals surface area contributed by atoms with Crippen molar-refractivity contribution >= 4 is 0 Å². The zero-order valence-corrected chi connectivity index (χ0v) is 10.9. The molecule has 2 nitrogen and oxygen atoms in total. The molecule has 0 unspecified atom stereocenters. The van der Waals surface area contributed by atoms with Gasteiger partial charge in [0.15, 0.2) is 0 Å². The number of fused-ring (bicyclic) bond motifs is 1. The minimum atomic E-state index is 0.152. The van der Waals surface area contributed by atoms with Crippen LogP contribution in [0.15, 0.2) is 6.07 Å². The predicted molar refractivity (Wildman–Crippen MR) is 68.0 cm³/mol. The Hall–Kier alpha value is -0.890. The van der Waals surface area contributed by atoms with Crippen LogP contribution in [0.5, 0.6) is 0 Å². The van der Waals surface area contributed by atoms with E-state index in [0.717, 1.165) is 25.9 Å². The summed E-state index contributed by atoms with van der Waals surface area (Å²) in [7, 11) is 0. The summed E-state index contributed by atoms with van der Waals surface area (Å²) in [6, 6.07) is 2.34. The third kappa shape index (κ3) is 2.27. The SMILES string of the molecule is Cc1cc2c(nc1C(C)(C)C)CCNCC2. The normalized spacial score (nSPS) is 16.8. The van der Waals surface area contributed by atoms with Gasteiger partial charge in [0.25, 0.3) is 0 Å². The molecule has 16 heavy (non-hydrogen) atoms. The minimum Gasteiger partial charge on any atom is -0.316 e. The Labute approximate surface area is 98.5 Å². The van der Waals surface area contributed by atoms with Gasteiger partial charge in [-0.1, -0.05) is 26.8 Å². The predicted octanol–water partition coefficient (Wildman–Crippen LogP) is 2.38. The van der Waals surface area contributed by atoms with Crippen LogP contribution in [0.25, 0.3) is 0 Å². The summed E-state index contributed by atoms with van der Waals surface area (Å²) in [4.78, 5) is 4.90. The van der Waals surface area contributed by atoms with Crippen LogP contribution in [-0.2, 0) is 18.3 Å². The van der Waals surface area contributed by atoms with Gasteiger partial charge in [-0.3, -0.25) is 4.98 Å². The first-order chi connectivity index (χ1) is 7.48. The first kappa shape index (κ1) is 11.6. The van der Waals surface area contributed by atoms with E-state index in [1.54, 1.807) is 0 Å². The van der Waals surface area contributed by atoms with Crippen LogP contribution in [0.1, 0.15) is 43.3 Å². The summed E-state index contributed by atoms with van der Waals surface area (Å²) in [6.45, 7) is 11.1. The van der Waals surface area contributed by atoms with E-state index in [9.17, 15) is 0 Å². The van der Waals surface area contributed by atoms with E-state index < -0.39 is 0 Å². The van der Waals surface area contributed by atoms with Crippen molar-refractivity contribution in [2.75, 3.05) is 13.1 Å². The van der Waals surface area contributed by atoms with E-state index in [1.165, 1.54) is 22.5 Å². The van der Waals surface area contributed by atoms with Crippen molar-refractivity contribution in [1.82, 2.24) is 10.3 Å². The van der Waals surface area contributed by atoms with E-state index in [0.29, 0.717) is 0 Å². The van der Waals surface area contributed by atoms with Gasteiger partial charge in [-0.25, -0.2) is 0 Å². The zero-order valence-electron chi connectivity index (χ0n) is 10.9. The summed E-state index contributed by atoms with van der Waals surface area (Å²) >= 11 is 0. The van der Waals surface area contributed by atoms with E-state index in [2.05, 4.69) is 39.1 Å². The lowest BCUT2D eigenvalue weighted by Crippen LogP contribution is -2.18. The van der Waals surface area contributed by atoms with Gasteiger partial charge in [-0.2, -0.15) is 0 Å². The Kier molecular flexibility index (Phi) is 3.02. The average Bonchev–Trinajstić information content (AvgIpc) is 2.39. The standard InChI is InChI=1S/C14H22N2/c1-10-9-11-5-7-15-8-6-12(11)16-13(10)14(2,3)4/h9,15H,5-8H2,1-4H3. The van der Waals surface area contributed by atoms with Gasteiger partial charge in [-0.05, 0) is 31.0 Å². The van der Waals surface area contributed by atoms with Crippen molar-refractivity contribution in [3.8, 4) is 0 Å². The van der Waals surface area contributed by atoms with Crippen molar-refractivity contribution in [3.63, 3.8) is 0 Å². The molecule has 0 aliphatic carbocycles. The van der Waals surface area contributed by atoms with Gasteiger partial charge < -0.3 is 5.32 Å². The molecule has 1 aliphatic rings. The number of aryl methyl sites for hydroxylation is 1. The largest absolute Gasteiger partial charge is 0.316 e.